The Balaban J connectivity index is 2.37. The van der Waals surface area contributed by atoms with Crippen LogP contribution in [-0.2, 0) is 9.63 Å². The molecular weight excluding hydrogens is 242 g/mol. The van der Waals surface area contributed by atoms with E-state index in [9.17, 15) is 4.79 Å². The van der Waals surface area contributed by atoms with Crippen LogP contribution in [0, 0.1) is 5.92 Å². The Hall–Kier alpha value is -2.07. The molecule has 0 saturated carbocycles. The Bertz CT molecular complexity index is 450. The number of carbonyl (C=O) groups is 1. The highest BCUT2D eigenvalue weighted by molar-refractivity contribution is 5.85. The molecule has 4 nitrogen and oxygen atoms in total. The molecule has 0 heterocycles. The van der Waals surface area contributed by atoms with Gasteiger partial charge in [0.25, 0.3) is 0 Å². The maximum absolute atomic E-state index is 10.9. The fourth-order valence-corrected chi connectivity index (χ4v) is 1.40. The van der Waals surface area contributed by atoms with Crippen molar-refractivity contribution < 1.29 is 14.7 Å². The van der Waals surface area contributed by atoms with E-state index in [0.29, 0.717) is 0 Å². The number of allylic oxidation sites excluding steroid dienone is 1. The lowest BCUT2D eigenvalue weighted by Crippen LogP contribution is -2.21. The maximum Gasteiger partial charge on any atom is 0.353 e. The molecule has 1 aromatic rings. The monoisotopic (exact) mass is 261 g/mol. The zero-order chi connectivity index (χ0) is 14.1. The molecule has 0 aliphatic carbocycles. The molecule has 2 N–H and O–H groups in total. The number of rotatable bonds is 7. The first-order chi connectivity index (χ1) is 9.09. The van der Waals surface area contributed by atoms with Gasteiger partial charge in [0.2, 0.25) is 0 Å². The van der Waals surface area contributed by atoms with Gasteiger partial charge in [-0.1, -0.05) is 56.3 Å². The first-order valence-electron chi connectivity index (χ1n) is 6.14. The highest BCUT2D eigenvalue weighted by Gasteiger charge is 2.06. The summed E-state index contributed by atoms with van der Waals surface area (Å²) in [5, 5.41) is 8.93. The number of benzene rings is 1. The summed E-state index contributed by atoms with van der Waals surface area (Å²) < 4.78 is 0. The van der Waals surface area contributed by atoms with Gasteiger partial charge in [-0.3, -0.25) is 10.3 Å². The van der Waals surface area contributed by atoms with Crippen LogP contribution in [0.1, 0.15) is 19.4 Å². The number of hydrogen-bond donors (Lipinski definition) is 2. The second-order valence-corrected chi connectivity index (χ2v) is 4.36. The number of aliphatic carboxylic acids is 1. The summed E-state index contributed by atoms with van der Waals surface area (Å²) in [6.07, 6.45) is 5.33. The molecule has 1 rings (SSSR count). The molecular formula is C15H19NO3. The number of hydrogen-bond acceptors (Lipinski definition) is 3. The van der Waals surface area contributed by atoms with Crippen molar-refractivity contribution in [3.8, 4) is 0 Å². The summed E-state index contributed by atoms with van der Waals surface area (Å²) in [5.74, 6) is -0.886. The van der Waals surface area contributed by atoms with Gasteiger partial charge in [-0.25, -0.2) is 4.79 Å². The van der Waals surface area contributed by atoms with Crippen molar-refractivity contribution in [3.63, 3.8) is 0 Å². The lowest BCUT2D eigenvalue weighted by Gasteiger charge is -2.07. The minimum atomic E-state index is -1.03. The van der Waals surface area contributed by atoms with Gasteiger partial charge in [0.15, 0.2) is 0 Å². The van der Waals surface area contributed by atoms with Gasteiger partial charge in [-0.05, 0) is 17.6 Å². The third-order valence-corrected chi connectivity index (χ3v) is 2.20. The topological polar surface area (TPSA) is 58.6 Å². The fraction of sp³-hybridized carbons (Fsp3) is 0.267. The predicted octanol–water partition coefficient (Wildman–Crippen LogP) is 2.85. The van der Waals surface area contributed by atoms with Gasteiger partial charge < -0.3 is 5.11 Å². The molecule has 0 saturated heterocycles. The highest BCUT2D eigenvalue weighted by Crippen LogP contribution is 2.01. The smallest absolute Gasteiger partial charge is 0.353 e. The van der Waals surface area contributed by atoms with E-state index >= 15 is 0 Å². The van der Waals surface area contributed by atoms with Crippen molar-refractivity contribution in [2.24, 2.45) is 5.92 Å². The average Bonchev–Trinajstić information content (AvgIpc) is 2.37. The first-order valence-corrected chi connectivity index (χ1v) is 6.14. The Kier molecular flexibility index (Phi) is 6.39. The summed E-state index contributed by atoms with van der Waals surface area (Å²) >= 11 is 0. The summed E-state index contributed by atoms with van der Waals surface area (Å²) in [6, 6.07) is 9.81. The zero-order valence-corrected chi connectivity index (χ0v) is 11.2. The Morgan fingerprint density at radius 2 is 2.05 bits per heavy atom. The zero-order valence-electron chi connectivity index (χ0n) is 11.2. The lowest BCUT2D eigenvalue weighted by atomic mass is 10.2. The normalized spacial score (nSPS) is 12.1. The molecule has 0 aromatic heterocycles. The molecule has 0 aliphatic rings. The molecule has 0 bridgehead atoms. The lowest BCUT2D eigenvalue weighted by molar-refractivity contribution is -0.134. The van der Waals surface area contributed by atoms with Crippen LogP contribution in [-0.4, -0.2) is 17.7 Å². The van der Waals surface area contributed by atoms with Gasteiger partial charge in [0.1, 0.15) is 5.70 Å². The van der Waals surface area contributed by atoms with Crippen LogP contribution < -0.4 is 5.48 Å². The van der Waals surface area contributed by atoms with E-state index in [2.05, 4.69) is 5.48 Å². The van der Waals surface area contributed by atoms with Crippen molar-refractivity contribution >= 4 is 12.0 Å². The van der Waals surface area contributed by atoms with Crippen LogP contribution in [0.25, 0.3) is 6.08 Å². The van der Waals surface area contributed by atoms with Crippen LogP contribution in [0.4, 0.5) is 0 Å². The molecule has 0 fully saturated rings. The molecule has 0 unspecified atom stereocenters. The van der Waals surface area contributed by atoms with Gasteiger partial charge >= 0.3 is 5.97 Å². The van der Waals surface area contributed by atoms with Crippen LogP contribution in [0.15, 0.2) is 48.2 Å². The summed E-state index contributed by atoms with van der Waals surface area (Å²) in [7, 11) is 0. The summed E-state index contributed by atoms with van der Waals surface area (Å²) in [5.41, 5.74) is 3.58. The van der Waals surface area contributed by atoms with Gasteiger partial charge in [-0.2, -0.15) is 0 Å². The largest absolute Gasteiger partial charge is 0.477 e. The summed E-state index contributed by atoms with van der Waals surface area (Å²) in [6.45, 7) is 4.09. The molecule has 0 radical (unpaired) electrons. The minimum absolute atomic E-state index is 0.0584. The first kappa shape index (κ1) is 15.0. The predicted molar refractivity (Wildman–Crippen MR) is 75.1 cm³/mol. The molecule has 4 heteroatoms. The van der Waals surface area contributed by atoms with Crippen molar-refractivity contribution in [3.05, 3.63) is 53.7 Å². The van der Waals surface area contributed by atoms with Gasteiger partial charge in [0.05, 0.1) is 6.61 Å². The Labute approximate surface area is 113 Å². The van der Waals surface area contributed by atoms with E-state index in [1.54, 1.807) is 6.08 Å². The van der Waals surface area contributed by atoms with E-state index in [0.717, 1.165) is 5.56 Å². The molecule has 0 spiro atoms. The van der Waals surface area contributed by atoms with Crippen LogP contribution in [0.2, 0.25) is 0 Å². The van der Waals surface area contributed by atoms with Gasteiger partial charge in [-0.15, -0.1) is 0 Å². The van der Waals surface area contributed by atoms with Gasteiger partial charge in [0, 0.05) is 0 Å². The van der Waals surface area contributed by atoms with E-state index in [-0.39, 0.29) is 18.2 Å². The molecule has 102 valence electrons. The third kappa shape index (κ3) is 6.43. The van der Waals surface area contributed by atoms with Crippen molar-refractivity contribution in [1.82, 2.24) is 5.48 Å². The number of carboxylic acid groups (broad SMARTS) is 1. The molecule has 0 atom stereocenters. The number of nitrogens with one attached hydrogen (secondary N) is 1. The second-order valence-electron chi connectivity index (χ2n) is 4.36. The van der Waals surface area contributed by atoms with Crippen LogP contribution >= 0.6 is 0 Å². The maximum atomic E-state index is 10.9. The van der Waals surface area contributed by atoms with E-state index in [4.69, 9.17) is 9.94 Å². The van der Waals surface area contributed by atoms with E-state index < -0.39 is 5.97 Å². The summed E-state index contributed by atoms with van der Waals surface area (Å²) in [4.78, 5) is 16.0. The highest BCUT2D eigenvalue weighted by atomic mass is 16.6. The average molecular weight is 261 g/mol. The van der Waals surface area contributed by atoms with Crippen LogP contribution in [0.3, 0.4) is 0 Å². The number of carboxylic acids is 1. The second kappa shape index (κ2) is 8.11. The SMILES string of the molecule is CC(C)C=C(NOCC=Cc1ccccc1)C(=O)O. The van der Waals surface area contributed by atoms with Crippen molar-refractivity contribution in [1.29, 1.82) is 0 Å². The third-order valence-electron chi connectivity index (χ3n) is 2.20. The quantitative estimate of drug-likeness (QED) is 0.450. The molecule has 1 aromatic carbocycles. The van der Waals surface area contributed by atoms with Crippen molar-refractivity contribution in [2.45, 2.75) is 13.8 Å². The Morgan fingerprint density at radius 1 is 1.37 bits per heavy atom. The van der Waals surface area contributed by atoms with E-state index in [1.807, 2.05) is 56.3 Å². The van der Waals surface area contributed by atoms with Crippen LogP contribution in [0.5, 0.6) is 0 Å². The van der Waals surface area contributed by atoms with Crippen molar-refractivity contribution in [2.75, 3.05) is 6.61 Å². The molecule has 0 aliphatic heterocycles. The standard InChI is InChI=1S/C15H19NO3/c1-12(2)11-14(15(17)18)16-19-10-6-9-13-7-4-3-5-8-13/h3-9,11-12,16H,10H2,1-2H3,(H,17,18). The van der Waals surface area contributed by atoms with E-state index in [1.165, 1.54) is 0 Å². The number of hydroxylamine groups is 1. The minimum Gasteiger partial charge on any atom is -0.477 e. The Morgan fingerprint density at radius 3 is 2.63 bits per heavy atom. The molecule has 19 heavy (non-hydrogen) atoms. The fourth-order valence-electron chi connectivity index (χ4n) is 1.40. The molecule has 0 amide bonds.